The van der Waals surface area contributed by atoms with Gasteiger partial charge in [-0.05, 0) is 45.2 Å². The first-order chi connectivity index (χ1) is 5.82. The Kier molecular flexibility index (Phi) is 2.68. The monoisotopic (exact) mass is 196 g/mol. The highest BCUT2D eigenvalue weighted by molar-refractivity contribution is 7.70. The molecule has 0 N–H and O–H groups in total. The molecule has 72 valence electrons. The molecule has 0 amide bonds. The van der Waals surface area contributed by atoms with Gasteiger partial charge >= 0.3 is 0 Å². The van der Waals surface area contributed by atoms with Gasteiger partial charge in [-0.3, -0.25) is 0 Å². The van der Waals surface area contributed by atoms with Crippen molar-refractivity contribution in [2.45, 2.75) is 20.8 Å². The molecular weight excluding hydrogens is 179 g/mol. The van der Waals surface area contributed by atoms with Gasteiger partial charge in [-0.1, -0.05) is 17.7 Å². The Hall–Kier alpha value is -0.550. The number of hydrogen-bond donors (Lipinski definition) is 0. The molecule has 0 atom stereocenters. The van der Waals surface area contributed by atoms with Crippen LogP contribution in [0.4, 0.5) is 0 Å². The minimum atomic E-state index is -2.11. The Bertz CT molecular complexity index is 351. The summed E-state index contributed by atoms with van der Waals surface area (Å²) in [5.41, 5.74) is 3.56. The van der Waals surface area contributed by atoms with Crippen LogP contribution in [0.25, 0.3) is 0 Å². The molecule has 0 saturated carbocycles. The summed E-state index contributed by atoms with van der Waals surface area (Å²) in [5.74, 6) is 0. The zero-order chi connectivity index (χ0) is 10.2. The first-order valence-electron chi connectivity index (χ1n) is 4.46. The van der Waals surface area contributed by atoms with Crippen LogP contribution in [0.15, 0.2) is 12.1 Å². The van der Waals surface area contributed by atoms with E-state index in [1.807, 2.05) is 27.2 Å². The van der Waals surface area contributed by atoms with Gasteiger partial charge in [-0.15, -0.1) is 0 Å². The predicted octanol–water partition coefficient (Wildman–Crippen LogP) is 2.86. The molecular formula is C11H17OP. The van der Waals surface area contributed by atoms with E-state index in [1.165, 1.54) is 5.56 Å². The summed E-state index contributed by atoms with van der Waals surface area (Å²) < 4.78 is 12.0. The van der Waals surface area contributed by atoms with Gasteiger partial charge in [0.25, 0.3) is 0 Å². The van der Waals surface area contributed by atoms with Crippen molar-refractivity contribution in [3.05, 3.63) is 28.8 Å². The maximum absolute atomic E-state index is 12.0. The highest BCUT2D eigenvalue weighted by atomic mass is 31.2. The zero-order valence-corrected chi connectivity index (χ0v) is 9.90. The maximum Gasteiger partial charge on any atom is 0.110 e. The summed E-state index contributed by atoms with van der Waals surface area (Å²) in [7, 11) is -2.11. The van der Waals surface area contributed by atoms with E-state index in [-0.39, 0.29) is 0 Å². The number of hydrogen-bond acceptors (Lipinski definition) is 1. The Balaban J connectivity index is 3.47. The van der Waals surface area contributed by atoms with Crippen LogP contribution >= 0.6 is 7.14 Å². The Morgan fingerprint density at radius 3 is 1.69 bits per heavy atom. The lowest BCUT2D eigenvalue weighted by atomic mass is 10.1. The average Bonchev–Trinajstić information content (AvgIpc) is 1.78. The molecule has 13 heavy (non-hydrogen) atoms. The number of rotatable bonds is 1. The van der Waals surface area contributed by atoms with E-state index in [2.05, 4.69) is 19.1 Å². The van der Waals surface area contributed by atoms with Crippen LogP contribution in [0.2, 0.25) is 0 Å². The molecule has 1 rings (SSSR count). The highest BCUT2D eigenvalue weighted by Gasteiger charge is 2.16. The third kappa shape index (κ3) is 2.22. The van der Waals surface area contributed by atoms with Crippen LogP contribution in [0.1, 0.15) is 16.7 Å². The summed E-state index contributed by atoms with van der Waals surface area (Å²) in [6, 6.07) is 4.20. The van der Waals surface area contributed by atoms with E-state index < -0.39 is 7.14 Å². The molecule has 0 radical (unpaired) electrons. The van der Waals surface area contributed by atoms with Crippen LogP contribution < -0.4 is 5.30 Å². The topological polar surface area (TPSA) is 17.1 Å². The van der Waals surface area contributed by atoms with Crippen LogP contribution in [-0.4, -0.2) is 13.3 Å². The highest BCUT2D eigenvalue weighted by Crippen LogP contribution is 2.37. The molecule has 0 spiro atoms. The fraction of sp³-hybridized carbons (Fsp3) is 0.455. The van der Waals surface area contributed by atoms with Crippen molar-refractivity contribution in [1.82, 2.24) is 0 Å². The third-order valence-corrected chi connectivity index (χ3v) is 3.96. The second-order valence-electron chi connectivity index (χ2n) is 4.10. The number of aryl methyl sites for hydroxylation is 3. The van der Waals surface area contributed by atoms with Gasteiger partial charge in [0.15, 0.2) is 0 Å². The summed E-state index contributed by atoms with van der Waals surface area (Å²) >= 11 is 0. The van der Waals surface area contributed by atoms with E-state index in [0.717, 1.165) is 16.4 Å². The van der Waals surface area contributed by atoms with Crippen molar-refractivity contribution in [2.24, 2.45) is 0 Å². The van der Waals surface area contributed by atoms with E-state index >= 15 is 0 Å². The van der Waals surface area contributed by atoms with Crippen LogP contribution in [0.3, 0.4) is 0 Å². The molecule has 2 heteroatoms. The van der Waals surface area contributed by atoms with E-state index in [4.69, 9.17) is 0 Å². The van der Waals surface area contributed by atoms with Crippen LogP contribution in [-0.2, 0) is 4.57 Å². The maximum atomic E-state index is 12.0. The van der Waals surface area contributed by atoms with Gasteiger partial charge in [-0.2, -0.15) is 0 Å². The normalized spacial score (nSPS) is 11.8. The smallest absolute Gasteiger partial charge is 0.110 e. The first kappa shape index (κ1) is 10.5. The molecule has 1 aromatic carbocycles. The Morgan fingerprint density at radius 2 is 1.38 bits per heavy atom. The van der Waals surface area contributed by atoms with Crippen molar-refractivity contribution in [3.8, 4) is 0 Å². The number of benzene rings is 1. The molecule has 0 heterocycles. The van der Waals surface area contributed by atoms with Crippen molar-refractivity contribution in [2.75, 3.05) is 13.3 Å². The molecule has 0 unspecified atom stereocenters. The summed E-state index contributed by atoms with van der Waals surface area (Å²) in [6.07, 6.45) is 0. The average molecular weight is 196 g/mol. The van der Waals surface area contributed by atoms with Crippen molar-refractivity contribution >= 4 is 12.4 Å². The second kappa shape index (κ2) is 3.31. The van der Waals surface area contributed by atoms with Crippen molar-refractivity contribution in [1.29, 1.82) is 0 Å². The van der Waals surface area contributed by atoms with E-state index in [1.54, 1.807) is 0 Å². The molecule has 0 fully saturated rings. The van der Waals surface area contributed by atoms with Gasteiger partial charge < -0.3 is 4.57 Å². The van der Waals surface area contributed by atoms with Gasteiger partial charge in [0, 0.05) is 5.30 Å². The van der Waals surface area contributed by atoms with Gasteiger partial charge in [0.1, 0.15) is 7.14 Å². The molecule has 1 nitrogen and oxygen atoms in total. The lowest BCUT2D eigenvalue weighted by molar-refractivity contribution is 0.588. The standard InChI is InChI=1S/C11H17OP/c1-8-6-9(2)11(10(3)7-8)13(4,5)12/h6-7H,1-5H3. The quantitative estimate of drug-likeness (QED) is 0.631. The summed E-state index contributed by atoms with van der Waals surface area (Å²) in [5, 5.41) is 1.05. The SMILES string of the molecule is Cc1cc(C)c(P(C)(C)=O)c(C)c1. The fourth-order valence-corrected chi connectivity index (χ4v) is 3.85. The lowest BCUT2D eigenvalue weighted by Gasteiger charge is -2.14. The zero-order valence-electron chi connectivity index (χ0n) is 9.01. The minimum absolute atomic E-state index is 1.05. The molecule has 0 aliphatic heterocycles. The van der Waals surface area contributed by atoms with Crippen LogP contribution in [0, 0.1) is 20.8 Å². The molecule has 0 aromatic heterocycles. The summed E-state index contributed by atoms with van der Waals surface area (Å²) in [6.45, 7) is 9.80. The molecule has 0 saturated heterocycles. The summed E-state index contributed by atoms with van der Waals surface area (Å²) in [4.78, 5) is 0. The van der Waals surface area contributed by atoms with Gasteiger partial charge in [-0.25, -0.2) is 0 Å². The van der Waals surface area contributed by atoms with Crippen molar-refractivity contribution < 1.29 is 4.57 Å². The van der Waals surface area contributed by atoms with E-state index in [0.29, 0.717) is 0 Å². The predicted molar refractivity (Wildman–Crippen MR) is 59.7 cm³/mol. The Morgan fingerprint density at radius 1 is 1.00 bits per heavy atom. The largest absolute Gasteiger partial charge is 0.319 e. The molecule has 0 aliphatic rings. The van der Waals surface area contributed by atoms with E-state index in [9.17, 15) is 4.57 Å². The molecule has 0 bridgehead atoms. The lowest BCUT2D eigenvalue weighted by Crippen LogP contribution is -2.11. The Labute approximate surface area is 80.5 Å². The minimum Gasteiger partial charge on any atom is -0.319 e. The second-order valence-corrected chi connectivity index (χ2v) is 7.25. The van der Waals surface area contributed by atoms with Crippen molar-refractivity contribution in [3.63, 3.8) is 0 Å². The van der Waals surface area contributed by atoms with Crippen LogP contribution in [0.5, 0.6) is 0 Å². The first-order valence-corrected chi connectivity index (χ1v) is 7.06. The molecule has 0 aliphatic carbocycles. The fourth-order valence-electron chi connectivity index (χ4n) is 2.02. The third-order valence-electron chi connectivity index (χ3n) is 2.17. The van der Waals surface area contributed by atoms with Gasteiger partial charge in [0.05, 0.1) is 0 Å². The molecule has 1 aromatic rings. The van der Waals surface area contributed by atoms with Gasteiger partial charge in [0.2, 0.25) is 0 Å².